The Balaban J connectivity index is 1.63. The van der Waals surface area contributed by atoms with E-state index in [-0.39, 0.29) is 13.1 Å². The van der Waals surface area contributed by atoms with Crippen molar-refractivity contribution in [3.05, 3.63) is 70.7 Å². The number of nitrogens with zero attached hydrogens (tertiary/aromatic N) is 2. The van der Waals surface area contributed by atoms with Crippen LogP contribution in [-0.4, -0.2) is 24.4 Å². The van der Waals surface area contributed by atoms with Crippen LogP contribution < -0.4 is 10.1 Å². The Morgan fingerprint density at radius 1 is 1.10 bits per heavy atom. The molecule has 1 unspecified atom stereocenters. The highest BCUT2D eigenvalue weighted by Gasteiger charge is 2.16. The Morgan fingerprint density at radius 2 is 1.86 bits per heavy atom. The van der Waals surface area contributed by atoms with Gasteiger partial charge in [-0.05, 0) is 48.5 Å². The molecule has 0 aliphatic rings. The van der Waals surface area contributed by atoms with Crippen molar-refractivity contribution in [3.8, 4) is 11.8 Å². The molecule has 1 aromatic heterocycles. The molecule has 6 heteroatoms. The number of benzene rings is 3. The van der Waals surface area contributed by atoms with Crippen molar-refractivity contribution in [2.45, 2.75) is 12.7 Å². The lowest BCUT2D eigenvalue weighted by molar-refractivity contribution is 0.316. The molecule has 4 rings (SSSR count). The molecule has 146 valence electrons. The van der Waals surface area contributed by atoms with Gasteiger partial charge in [0.25, 0.3) is 0 Å². The minimum atomic E-state index is -1.10. The lowest BCUT2D eigenvalue weighted by Crippen LogP contribution is -2.21. The number of aromatic nitrogens is 1. The zero-order valence-corrected chi connectivity index (χ0v) is 17.4. The van der Waals surface area contributed by atoms with Gasteiger partial charge in [0.1, 0.15) is 11.9 Å². The quantitative estimate of drug-likeness (QED) is 0.397. The zero-order chi connectivity index (χ0) is 20.4. The van der Waals surface area contributed by atoms with Crippen molar-refractivity contribution in [3.63, 3.8) is 0 Å². The SMILES string of the molecule is COc1cccc(NCC(F)Cn2c3ccc(Br)cc3c3cc(C#N)ccc32)c1. The number of alkyl halides is 1. The fourth-order valence-electron chi connectivity index (χ4n) is 3.57. The average molecular weight is 452 g/mol. The standard InChI is InChI=1S/C23H19BrFN3O/c1-29-19-4-2-3-18(11-19)27-13-17(25)14-28-22-7-5-15(12-26)9-20(22)21-10-16(24)6-8-23(21)28/h2-11,17,27H,13-14H2,1H3. The van der Waals surface area contributed by atoms with E-state index in [1.165, 1.54) is 0 Å². The fraction of sp³-hybridized carbons (Fsp3) is 0.174. The lowest BCUT2D eigenvalue weighted by atomic mass is 10.1. The van der Waals surface area contributed by atoms with E-state index in [1.54, 1.807) is 13.2 Å². The van der Waals surface area contributed by atoms with Crippen LogP contribution in [0, 0.1) is 11.3 Å². The molecule has 0 amide bonds. The molecule has 0 bridgehead atoms. The molecule has 0 fully saturated rings. The van der Waals surface area contributed by atoms with E-state index in [4.69, 9.17) is 4.74 Å². The number of nitrogens with one attached hydrogen (secondary N) is 1. The van der Waals surface area contributed by atoms with Crippen molar-refractivity contribution < 1.29 is 9.13 Å². The highest BCUT2D eigenvalue weighted by atomic mass is 79.9. The number of anilines is 1. The maximum Gasteiger partial charge on any atom is 0.135 e. The Hall–Kier alpha value is -3.04. The Labute approximate surface area is 176 Å². The van der Waals surface area contributed by atoms with Crippen LogP contribution in [0.25, 0.3) is 21.8 Å². The summed E-state index contributed by atoms with van der Waals surface area (Å²) < 4.78 is 23.1. The predicted octanol–water partition coefficient (Wildman–Crippen LogP) is 5.89. The van der Waals surface area contributed by atoms with Crippen LogP contribution in [0.3, 0.4) is 0 Å². The highest BCUT2D eigenvalue weighted by Crippen LogP contribution is 2.32. The molecule has 0 spiro atoms. The molecule has 1 heterocycles. The lowest BCUT2D eigenvalue weighted by Gasteiger charge is -2.14. The molecule has 4 nitrogen and oxygen atoms in total. The van der Waals surface area contributed by atoms with E-state index in [2.05, 4.69) is 27.3 Å². The van der Waals surface area contributed by atoms with Crippen molar-refractivity contribution in [1.82, 2.24) is 4.57 Å². The van der Waals surface area contributed by atoms with Crippen molar-refractivity contribution in [2.75, 3.05) is 19.0 Å². The van der Waals surface area contributed by atoms with E-state index in [1.807, 2.05) is 59.2 Å². The summed E-state index contributed by atoms with van der Waals surface area (Å²) in [6, 6.07) is 21.1. The molecule has 1 atom stereocenters. The van der Waals surface area contributed by atoms with Gasteiger partial charge in [0.2, 0.25) is 0 Å². The summed E-state index contributed by atoms with van der Waals surface area (Å²) in [6.07, 6.45) is -1.10. The van der Waals surface area contributed by atoms with Crippen molar-refractivity contribution in [1.29, 1.82) is 5.26 Å². The molecule has 4 aromatic rings. The minimum Gasteiger partial charge on any atom is -0.497 e. The number of hydrogen-bond acceptors (Lipinski definition) is 3. The van der Waals surface area contributed by atoms with Gasteiger partial charge < -0.3 is 14.6 Å². The first-order valence-electron chi connectivity index (χ1n) is 9.22. The Bertz CT molecular complexity index is 1230. The van der Waals surface area contributed by atoms with Crippen LogP contribution in [-0.2, 0) is 6.54 Å². The normalized spacial score (nSPS) is 12.1. The number of hydrogen-bond donors (Lipinski definition) is 1. The van der Waals surface area contributed by atoms with Crippen LogP contribution in [0.4, 0.5) is 10.1 Å². The van der Waals surface area contributed by atoms with Crippen LogP contribution in [0.5, 0.6) is 5.75 Å². The maximum absolute atomic E-state index is 14.9. The molecular formula is C23H19BrFN3O. The summed E-state index contributed by atoms with van der Waals surface area (Å²) in [5, 5.41) is 14.3. The van der Waals surface area contributed by atoms with Crippen molar-refractivity contribution >= 4 is 43.4 Å². The average Bonchev–Trinajstić information content (AvgIpc) is 3.04. The summed E-state index contributed by atoms with van der Waals surface area (Å²) >= 11 is 3.51. The highest BCUT2D eigenvalue weighted by molar-refractivity contribution is 9.10. The molecule has 0 saturated carbocycles. The first kappa shape index (κ1) is 19.3. The Kier molecular flexibility index (Phi) is 5.41. The summed E-state index contributed by atoms with van der Waals surface area (Å²) in [4.78, 5) is 0. The molecule has 29 heavy (non-hydrogen) atoms. The molecule has 0 aliphatic heterocycles. The molecular weight excluding hydrogens is 433 g/mol. The van der Waals surface area contributed by atoms with Gasteiger partial charge in [-0.2, -0.15) is 5.26 Å². The van der Waals surface area contributed by atoms with Crippen LogP contribution in [0.1, 0.15) is 5.56 Å². The van der Waals surface area contributed by atoms with Gasteiger partial charge in [-0.1, -0.05) is 22.0 Å². The number of fused-ring (bicyclic) bond motifs is 3. The van der Waals surface area contributed by atoms with Gasteiger partial charge in [0.05, 0.1) is 25.3 Å². The number of rotatable bonds is 6. The van der Waals surface area contributed by atoms with Gasteiger partial charge >= 0.3 is 0 Å². The number of ether oxygens (including phenoxy) is 1. The number of methoxy groups -OCH3 is 1. The number of halogens is 2. The zero-order valence-electron chi connectivity index (χ0n) is 15.8. The van der Waals surface area contributed by atoms with E-state index in [0.717, 1.165) is 37.7 Å². The summed E-state index contributed by atoms with van der Waals surface area (Å²) in [7, 11) is 1.61. The van der Waals surface area contributed by atoms with Crippen LogP contribution in [0.15, 0.2) is 65.1 Å². The first-order chi connectivity index (χ1) is 14.1. The van der Waals surface area contributed by atoms with Gasteiger partial charge in [0.15, 0.2) is 0 Å². The fourth-order valence-corrected chi connectivity index (χ4v) is 3.93. The van der Waals surface area contributed by atoms with Crippen molar-refractivity contribution in [2.24, 2.45) is 0 Å². The first-order valence-corrected chi connectivity index (χ1v) is 10.0. The van der Waals surface area contributed by atoms with E-state index in [9.17, 15) is 9.65 Å². The van der Waals surface area contributed by atoms with E-state index >= 15 is 0 Å². The molecule has 0 saturated heterocycles. The summed E-state index contributed by atoms with van der Waals surface area (Å²) in [5.74, 6) is 0.728. The van der Waals surface area contributed by atoms with Gasteiger partial charge in [-0.25, -0.2) is 4.39 Å². The molecule has 3 aromatic carbocycles. The second-order valence-corrected chi connectivity index (χ2v) is 7.74. The topological polar surface area (TPSA) is 50.0 Å². The third-order valence-corrected chi connectivity index (χ3v) is 5.43. The van der Waals surface area contributed by atoms with Gasteiger partial charge in [0, 0.05) is 44.6 Å². The maximum atomic E-state index is 14.9. The van der Waals surface area contributed by atoms with Crippen LogP contribution in [0.2, 0.25) is 0 Å². The van der Waals surface area contributed by atoms with Crippen LogP contribution >= 0.6 is 15.9 Å². The summed E-state index contributed by atoms with van der Waals surface area (Å²) in [5.41, 5.74) is 3.27. The smallest absolute Gasteiger partial charge is 0.135 e. The summed E-state index contributed by atoms with van der Waals surface area (Å²) in [6.45, 7) is 0.394. The second kappa shape index (κ2) is 8.14. The largest absolute Gasteiger partial charge is 0.497 e. The molecule has 0 radical (unpaired) electrons. The minimum absolute atomic E-state index is 0.182. The third kappa shape index (κ3) is 3.92. The van der Waals surface area contributed by atoms with E-state index < -0.39 is 6.17 Å². The monoisotopic (exact) mass is 451 g/mol. The molecule has 1 N–H and O–H groups in total. The van der Waals surface area contributed by atoms with Gasteiger partial charge in [-0.3, -0.25) is 0 Å². The second-order valence-electron chi connectivity index (χ2n) is 6.83. The van der Waals surface area contributed by atoms with Gasteiger partial charge in [-0.15, -0.1) is 0 Å². The molecule has 0 aliphatic carbocycles. The number of nitriles is 1. The third-order valence-electron chi connectivity index (χ3n) is 4.93. The Morgan fingerprint density at radius 3 is 2.62 bits per heavy atom. The predicted molar refractivity (Wildman–Crippen MR) is 118 cm³/mol. The van der Waals surface area contributed by atoms with E-state index in [0.29, 0.717) is 5.56 Å².